The number of rotatable bonds is 5. The minimum absolute atomic E-state index is 0.0632. The number of thioether (sulfide) groups is 1. The van der Waals surface area contributed by atoms with Crippen molar-refractivity contribution in [2.75, 3.05) is 5.32 Å². The second kappa shape index (κ2) is 5.91. The van der Waals surface area contributed by atoms with E-state index in [0.29, 0.717) is 6.42 Å². The molecular weight excluding hydrogens is 289 g/mol. The summed E-state index contributed by atoms with van der Waals surface area (Å²) in [5.41, 5.74) is 0. The van der Waals surface area contributed by atoms with Gasteiger partial charge >= 0.3 is 18.1 Å². The third-order valence-corrected chi connectivity index (χ3v) is 3.06. The molecule has 0 spiro atoms. The molecule has 0 fully saturated rings. The van der Waals surface area contributed by atoms with E-state index in [1.165, 1.54) is 5.32 Å². The molecule has 106 valence electrons. The van der Waals surface area contributed by atoms with Crippen molar-refractivity contribution in [2.24, 2.45) is 0 Å². The predicted molar refractivity (Wildman–Crippen MR) is 58.6 cm³/mol. The summed E-state index contributed by atoms with van der Waals surface area (Å²) < 4.78 is 35.9. The Hall–Kier alpha value is -1.78. The van der Waals surface area contributed by atoms with E-state index in [2.05, 4.69) is 15.2 Å². The lowest BCUT2D eigenvalue weighted by atomic mass is 10.3. The van der Waals surface area contributed by atoms with Crippen molar-refractivity contribution in [3.05, 3.63) is 0 Å². The molecule has 7 nitrogen and oxygen atoms in total. The third-order valence-electron chi connectivity index (χ3n) is 1.85. The Balaban J connectivity index is 2.67. The molecule has 1 unspecified atom stereocenters. The molecule has 0 bridgehead atoms. The average molecular weight is 298 g/mol. The molecule has 3 N–H and O–H groups in total. The topological polar surface area (TPSA) is 108 Å². The molecule has 0 saturated carbocycles. The summed E-state index contributed by atoms with van der Waals surface area (Å²) in [5.74, 6) is -3.77. The number of amides is 1. The molecule has 0 aliphatic carbocycles. The zero-order valence-electron chi connectivity index (χ0n) is 9.48. The predicted octanol–water partition coefficient (Wildman–Crippen LogP) is 1.26. The van der Waals surface area contributed by atoms with Crippen LogP contribution in [0.15, 0.2) is 5.16 Å². The maximum absolute atomic E-state index is 12.0. The highest BCUT2D eigenvalue weighted by Gasteiger charge is 2.39. The van der Waals surface area contributed by atoms with E-state index in [9.17, 15) is 22.8 Å². The van der Waals surface area contributed by atoms with Gasteiger partial charge in [0.15, 0.2) is 0 Å². The molecule has 0 aliphatic heterocycles. The van der Waals surface area contributed by atoms with Gasteiger partial charge < -0.3 is 5.11 Å². The largest absolute Gasteiger partial charge is 0.480 e. The molecule has 1 rings (SSSR count). The Labute approximate surface area is 109 Å². The fourth-order valence-corrected chi connectivity index (χ4v) is 1.73. The maximum Gasteiger partial charge on any atom is 0.471 e. The fourth-order valence-electron chi connectivity index (χ4n) is 0.969. The SMILES string of the molecule is CCC(Sc1n[nH]c(NC(=O)C(F)(F)F)n1)C(=O)O. The van der Waals surface area contributed by atoms with E-state index < -0.39 is 29.3 Å². The summed E-state index contributed by atoms with van der Waals surface area (Å²) >= 11 is 0.767. The van der Waals surface area contributed by atoms with E-state index in [-0.39, 0.29) is 5.16 Å². The van der Waals surface area contributed by atoms with E-state index in [1.807, 2.05) is 0 Å². The number of carbonyl (C=O) groups excluding carboxylic acids is 1. The number of nitrogens with one attached hydrogen (secondary N) is 2. The number of halogens is 3. The second-order valence-corrected chi connectivity index (χ2v) is 4.44. The van der Waals surface area contributed by atoms with Gasteiger partial charge in [-0.05, 0) is 6.42 Å². The summed E-state index contributed by atoms with van der Waals surface area (Å²) in [7, 11) is 0. The number of aromatic nitrogens is 3. The lowest BCUT2D eigenvalue weighted by Gasteiger charge is -2.05. The molecule has 0 aromatic carbocycles. The van der Waals surface area contributed by atoms with E-state index in [4.69, 9.17) is 5.11 Å². The lowest BCUT2D eigenvalue weighted by Crippen LogP contribution is -2.30. The smallest absolute Gasteiger partial charge is 0.471 e. The Bertz CT molecular complexity index is 476. The van der Waals surface area contributed by atoms with Gasteiger partial charge in [-0.3, -0.25) is 14.9 Å². The first kappa shape index (κ1) is 15.3. The zero-order chi connectivity index (χ0) is 14.6. The van der Waals surface area contributed by atoms with Gasteiger partial charge in [-0.1, -0.05) is 18.7 Å². The standard InChI is InChI=1S/C8H9F3N4O3S/c1-2-3(4(16)17)19-7-13-6(14-15-7)12-5(18)8(9,10)11/h3H,2H2,1H3,(H,16,17)(H2,12,13,14,15,18). The molecule has 1 aromatic heterocycles. The molecule has 11 heteroatoms. The number of hydrogen-bond acceptors (Lipinski definition) is 5. The number of aliphatic carboxylic acids is 1. The summed E-state index contributed by atoms with van der Waals surface area (Å²) in [6.45, 7) is 1.63. The van der Waals surface area contributed by atoms with Crippen molar-refractivity contribution in [1.82, 2.24) is 15.2 Å². The van der Waals surface area contributed by atoms with Crippen molar-refractivity contribution in [3.8, 4) is 0 Å². The molecule has 0 radical (unpaired) electrons. The van der Waals surface area contributed by atoms with Crippen LogP contribution in [0.5, 0.6) is 0 Å². The molecule has 1 aromatic rings. The molecule has 0 saturated heterocycles. The van der Waals surface area contributed by atoms with Gasteiger partial charge in [0.25, 0.3) is 0 Å². The minimum atomic E-state index is -5.03. The third kappa shape index (κ3) is 4.43. The van der Waals surface area contributed by atoms with Crippen LogP contribution in [-0.2, 0) is 9.59 Å². The molecular formula is C8H9F3N4O3S. The Morgan fingerprint density at radius 2 is 2.16 bits per heavy atom. The molecule has 0 aliphatic rings. The number of aromatic amines is 1. The first-order chi connectivity index (χ1) is 8.74. The van der Waals surface area contributed by atoms with Crippen molar-refractivity contribution in [3.63, 3.8) is 0 Å². The van der Waals surface area contributed by atoms with Crippen molar-refractivity contribution in [1.29, 1.82) is 0 Å². The summed E-state index contributed by atoms with van der Waals surface area (Å²) in [4.78, 5) is 24.9. The number of anilines is 1. The Morgan fingerprint density at radius 1 is 1.53 bits per heavy atom. The summed E-state index contributed by atoms with van der Waals surface area (Å²) in [6.07, 6.45) is -4.74. The van der Waals surface area contributed by atoms with Crippen LogP contribution in [-0.4, -0.2) is 43.6 Å². The van der Waals surface area contributed by atoms with Crippen LogP contribution in [0.25, 0.3) is 0 Å². The van der Waals surface area contributed by atoms with Gasteiger partial charge in [0.2, 0.25) is 11.1 Å². The molecule has 1 atom stereocenters. The highest BCUT2D eigenvalue weighted by molar-refractivity contribution is 8.00. The highest BCUT2D eigenvalue weighted by atomic mass is 32.2. The van der Waals surface area contributed by atoms with Crippen molar-refractivity contribution < 1.29 is 27.9 Å². The van der Waals surface area contributed by atoms with Gasteiger partial charge in [0.1, 0.15) is 5.25 Å². The summed E-state index contributed by atoms with van der Waals surface area (Å²) in [6, 6.07) is 0. The van der Waals surface area contributed by atoms with Gasteiger partial charge in [0.05, 0.1) is 0 Å². The maximum atomic E-state index is 12.0. The average Bonchev–Trinajstić information content (AvgIpc) is 2.71. The number of hydrogen-bond donors (Lipinski definition) is 3. The number of carboxylic acid groups (broad SMARTS) is 1. The van der Waals surface area contributed by atoms with E-state index in [0.717, 1.165) is 11.8 Å². The number of carboxylic acids is 1. The lowest BCUT2D eigenvalue weighted by molar-refractivity contribution is -0.167. The minimum Gasteiger partial charge on any atom is -0.480 e. The monoisotopic (exact) mass is 298 g/mol. The zero-order valence-corrected chi connectivity index (χ0v) is 10.3. The van der Waals surface area contributed by atoms with E-state index >= 15 is 0 Å². The van der Waals surface area contributed by atoms with Crippen LogP contribution in [0.3, 0.4) is 0 Å². The quantitative estimate of drug-likeness (QED) is 0.706. The fraction of sp³-hybridized carbons (Fsp3) is 0.500. The van der Waals surface area contributed by atoms with Crippen LogP contribution < -0.4 is 5.32 Å². The van der Waals surface area contributed by atoms with Crippen molar-refractivity contribution in [2.45, 2.75) is 29.9 Å². The van der Waals surface area contributed by atoms with Crippen LogP contribution in [0.4, 0.5) is 19.1 Å². The van der Waals surface area contributed by atoms with Gasteiger partial charge in [-0.25, -0.2) is 5.10 Å². The highest BCUT2D eigenvalue weighted by Crippen LogP contribution is 2.23. The molecule has 1 amide bonds. The molecule has 19 heavy (non-hydrogen) atoms. The van der Waals surface area contributed by atoms with E-state index in [1.54, 1.807) is 6.92 Å². The Morgan fingerprint density at radius 3 is 2.63 bits per heavy atom. The van der Waals surface area contributed by atoms with Crippen LogP contribution >= 0.6 is 11.8 Å². The number of H-pyrrole nitrogens is 1. The normalized spacial score (nSPS) is 13.1. The van der Waals surface area contributed by atoms with Crippen LogP contribution in [0.2, 0.25) is 0 Å². The van der Waals surface area contributed by atoms with Gasteiger partial charge in [0, 0.05) is 0 Å². The summed E-state index contributed by atoms with van der Waals surface area (Å²) in [5, 5.41) is 14.9. The van der Waals surface area contributed by atoms with Gasteiger partial charge in [-0.15, -0.1) is 5.10 Å². The first-order valence-electron chi connectivity index (χ1n) is 4.94. The van der Waals surface area contributed by atoms with Crippen molar-refractivity contribution >= 4 is 29.6 Å². The molecule has 1 heterocycles. The Kier molecular flexibility index (Phi) is 4.75. The number of alkyl halides is 3. The van der Waals surface area contributed by atoms with Crippen LogP contribution in [0.1, 0.15) is 13.3 Å². The first-order valence-corrected chi connectivity index (χ1v) is 5.82. The van der Waals surface area contributed by atoms with Gasteiger partial charge in [-0.2, -0.15) is 18.2 Å². The van der Waals surface area contributed by atoms with Crippen LogP contribution in [0, 0.1) is 0 Å². The second-order valence-electron chi connectivity index (χ2n) is 3.27. The number of carbonyl (C=O) groups is 2. The number of nitrogens with zero attached hydrogens (tertiary/aromatic N) is 2.